The van der Waals surface area contributed by atoms with Crippen LogP contribution in [0.3, 0.4) is 0 Å². The summed E-state index contributed by atoms with van der Waals surface area (Å²) in [5, 5.41) is 2.97. The number of hydrogen-bond acceptors (Lipinski definition) is 2. The van der Waals surface area contributed by atoms with Gasteiger partial charge in [-0.05, 0) is 39.7 Å². The van der Waals surface area contributed by atoms with Crippen LogP contribution in [0.2, 0.25) is 0 Å². The fraction of sp³-hybridized carbons (Fsp3) is 0.909. The molecular formula is C11H20N2O. The average molecular weight is 196 g/mol. The lowest BCUT2D eigenvalue weighted by molar-refractivity contribution is -0.130. The van der Waals surface area contributed by atoms with Crippen LogP contribution in [0.5, 0.6) is 0 Å². The van der Waals surface area contributed by atoms with Gasteiger partial charge < -0.3 is 5.32 Å². The van der Waals surface area contributed by atoms with E-state index < -0.39 is 0 Å². The molecule has 1 atom stereocenters. The summed E-state index contributed by atoms with van der Waals surface area (Å²) in [6.45, 7) is 7.44. The number of nitrogens with zero attached hydrogens (tertiary/aromatic N) is 1. The molecule has 2 saturated heterocycles. The van der Waals surface area contributed by atoms with Crippen LogP contribution in [0.25, 0.3) is 0 Å². The molecule has 0 bridgehead atoms. The van der Waals surface area contributed by atoms with Crippen LogP contribution in [0.4, 0.5) is 0 Å². The molecule has 0 saturated carbocycles. The molecule has 2 heterocycles. The molecule has 0 aliphatic carbocycles. The molecule has 3 nitrogen and oxygen atoms in total. The Labute approximate surface area is 85.8 Å². The standard InChI is InChI=1S/C11H20N2O/c1-9(2)13-7-3-4-11(8-13)5-6-12-10(11)14/h9H,3-8H2,1-2H3,(H,12,14)/t11-/m1/s1. The summed E-state index contributed by atoms with van der Waals surface area (Å²) in [5.41, 5.74) is -0.0392. The van der Waals surface area contributed by atoms with Gasteiger partial charge >= 0.3 is 0 Å². The van der Waals surface area contributed by atoms with Crippen molar-refractivity contribution in [2.45, 2.75) is 39.2 Å². The van der Waals surface area contributed by atoms with E-state index in [1.807, 2.05) is 0 Å². The maximum absolute atomic E-state index is 11.8. The molecule has 0 aromatic rings. The number of nitrogens with one attached hydrogen (secondary N) is 1. The first-order valence-corrected chi connectivity index (χ1v) is 5.66. The summed E-state index contributed by atoms with van der Waals surface area (Å²) in [7, 11) is 0. The van der Waals surface area contributed by atoms with Gasteiger partial charge in [-0.1, -0.05) is 0 Å². The van der Waals surface area contributed by atoms with Crippen molar-refractivity contribution in [3.8, 4) is 0 Å². The molecule has 1 amide bonds. The van der Waals surface area contributed by atoms with Crippen LogP contribution in [-0.2, 0) is 4.79 Å². The number of carbonyl (C=O) groups is 1. The van der Waals surface area contributed by atoms with Crippen molar-refractivity contribution in [1.82, 2.24) is 10.2 Å². The Balaban J connectivity index is 2.09. The minimum atomic E-state index is -0.0392. The van der Waals surface area contributed by atoms with Crippen molar-refractivity contribution in [1.29, 1.82) is 0 Å². The summed E-state index contributed by atoms with van der Waals surface area (Å²) in [5.74, 6) is 0.294. The van der Waals surface area contributed by atoms with Gasteiger partial charge in [-0.3, -0.25) is 9.69 Å². The van der Waals surface area contributed by atoms with Gasteiger partial charge in [0.2, 0.25) is 5.91 Å². The molecule has 0 aromatic heterocycles. The Kier molecular flexibility index (Phi) is 2.52. The molecule has 0 unspecified atom stereocenters. The highest BCUT2D eigenvalue weighted by atomic mass is 16.2. The predicted molar refractivity (Wildman–Crippen MR) is 56.0 cm³/mol. The average Bonchev–Trinajstić information content (AvgIpc) is 2.48. The third-order valence-electron chi connectivity index (χ3n) is 3.71. The Morgan fingerprint density at radius 2 is 2.21 bits per heavy atom. The first-order chi connectivity index (χ1) is 6.64. The highest BCUT2D eigenvalue weighted by Crippen LogP contribution is 2.36. The summed E-state index contributed by atoms with van der Waals surface area (Å²) in [6, 6.07) is 0.570. The molecule has 3 heteroatoms. The van der Waals surface area contributed by atoms with Gasteiger partial charge in [0.25, 0.3) is 0 Å². The number of hydrogen-bond donors (Lipinski definition) is 1. The zero-order valence-corrected chi connectivity index (χ0v) is 9.18. The van der Waals surface area contributed by atoms with Crippen LogP contribution >= 0.6 is 0 Å². The molecule has 2 aliphatic rings. The topological polar surface area (TPSA) is 32.3 Å². The first kappa shape index (κ1) is 9.97. The zero-order chi connectivity index (χ0) is 10.2. The van der Waals surface area contributed by atoms with E-state index >= 15 is 0 Å². The van der Waals surface area contributed by atoms with Crippen molar-refractivity contribution in [3.63, 3.8) is 0 Å². The summed E-state index contributed by atoms with van der Waals surface area (Å²) in [6.07, 6.45) is 3.29. The summed E-state index contributed by atoms with van der Waals surface area (Å²) in [4.78, 5) is 14.2. The molecule has 14 heavy (non-hydrogen) atoms. The lowest BCUT2D eigenvalue weighted by Crippen LogP contribution is -2.49. The highest BCUT2D eigenvalue weighted by molar-refractivity contribution is 5.85. The molecule has 2 rings (SSSR count). The van der Waals surface area contributed by atoms with E-state index in [1.165, 1.54) is 6.42 Å². The highest BCUT2D eigenvalue weighted by Gasteiger charge is 2.45. The van der Waals surface area contributed by atoms with Crippen molar-refractivity contribution < 1.29 is 4.79 Å². The SMILES string of the molecule is CC(C)N1CCC[C@@]2(CCNC2=O)C1. The van der Waals surface area contributed by atoms with E-state index in [9.17, 15) is 4.79 Å². The van der Waals surface area contributed by atoms with E-state index in [0.717, 1.165) is 32.5 Å². The van der Waals surface area contributed by atoms with Gasteiger partial charge in [0, 0.05) is 19.1 Å². The second-order valence-corrected chi connectivity index (χ2v) is 4.95. The lowest BCUT2D eigenvalue weighted by atomic mass is 9.78. The van der Waals surface area contributed by atoms with E-state index in [0.29, 0.717) is 11.9 Å². The molecule has 2 aliphatic heterocycles. The van der Waals surface area contributed by atoms with Crippen LogP contribution in [-0.4, -0.2) is 36.5 Å². The minimum absolute atomic E-state index is 0.0392. The van der Waals surface area contributed by atoms with Gasteiger partial charge in [-0.25, -0.2) is 0 Å². The summed E-state index contributed by atoms with van der Waals surface area (Å²) < 4.78 is 0. The van der Waals surface area contributed by atoms with Gasteiger partial charge in [0.05, 0.1) is 5.41 Å². The van der Waals surface area contributed by atoms with Crippen molar-refractivity contribution in [3.05, 3.63) is 0 Å². The van der Waals surface area contributed by atoms with E-state index in [1.54, 1.807) is 0 Å². The van der Waals surface area contributed by atoms with Gasteiger partial charge in [0.1, 0.15) is 0 Å². The molecule has 1 N–H and O–H groups in total. The number of carbonyl (C=O) groups excluding carboxylic acids is 1. The lowest BCUT2D eigenvalue weighted by Gasteiger charge is -2.40. The quantitative estimate of drug-likeness (QED) is 0.678. The van der Waals surface area contributed by atoms with Crippen molar-refractivity contribution in [2.75, 3.05) is 19.6 Å². The fourth-order valence-electron chi connectivity index (χ4n) is 2.71. The third-order valence-corrected chi connectivity index (χ3v) is 3.71. The predicted octanol–water partition coefficient (Wildman–Crippen LogP) is 0.997. The van der Waals surface area contributed by atoms with Crippen LogP contribution in [0.15, 0.2) is 0 Å². The fourth-order valence-corrected chi connectivity index (χ4v) is 2.71. The second kappa shape index (κ2) is 3.54. The Bertz CT molecular complexity index is 239. The van der Waals surface area contributed by atoms with Gasteiger partial charge in [0.15, 0.2) is 0 Å². The Morgan fingerprint density at radius 1 is 1.43 bits per heavy atom. The van der Waals surface area contributed by atoms with E-state index in [-0.39, 0.29) is 5.41 Å². The molecule has 0 aromatic carbocycles. The van der Waals surface area contributed by atoms with Crippen LogP contribution in [0, 0.1) is 5.41 Å². The number of likely N-dealkylation sites (tertiary alicyclic amines) is 1. The maximum Gasteiger partial charge on any atom is 0.227 e. The normalized spacial score (nSPS) is 34.1. The van der Waals surface area contributed by atoms with E-state index in [2.05, 4.69) is 24.1 Å². The third kappa shape index (κ3) is 1.54. The maximum atomic E-state index is 11.8. The zero-order valence-electron chi connectivity index (χ0n) is 9.18. The Hall–Kier alpha value is -0.570. The second-order valence-electron chi connectivity index (χ2n) is 4.95. The summed E-state index contributed by atoms with van der Waals surface area (Å²) >= 11 is 0. The van der Waals surface area contributed by atoms with Gasteiger partial charge in [-0.2, -0.15) is 0 Å². The number of rotatable bonds is 1. The smallest absolute Gasteiger partial charge is 0.227 e. The number of piperidine rings is 1. The van der Waals surface area contributed by atoms with E-state index in [4.69, 9.17) is 0 Å². The molecule has 2 fully saturated rings. The van der Waals surface area contributed by atoms with Crippen LogP contribution in [0.1, 0.15) is 33.1 Å². The molecule has 80 valence electrons. The monoisotopic (exact) mass is 196 g/mol. The Morgan fingerprint density at radius 3 is 2.79 bits per heavy atom. The van der Waals surface area contributed by atoms with Crippen molar-refractivity contribution in [2.24, 2.45) is 5.41 Å². The van der Waals surface area contributed by atoms with Crippen molar-refractivity contribution >= 4 is 5.91 Å². The molecule has 0 radical (unpaired) electrons. The molecule has 1 spiro atoms. The minimum Gasteiger partial charge on any atom is -0.356 e. The largest absolute Gasteiger partial charge is 0.356 e. The molecular weight excluding hydrogens is 176 g/mol. The first-order valence-electron chi connectivity index (χ1n) is 5.66. The van der Waals surface area contributed by atoms with Crippen LogP contribution < -0.4 is 5.32 Å². The number of amides is 1. The van der Waals surface area contributed by atoms with Gasteiger partial charge in [-0.15, -0.1) is 0 Å².